The van der Waals surface area contributed by atoms with Crippen LogP contribution in [0.5, 0.6) is 5.75 Å². The Labute approximate surface area is 176 Å². The van der Waals surface area contributed by atoms with Crippen molar-refractivity contribution in [3.63, 3.8) is 0 Å². The first-order chi connectivity index (χ1) is 15.0. The van der Waals surface area contributed by atoms with Crippen LogP contribution in [0.2, 0.25) is 0 Å². The Hall–Kier alpha value is -4.07. The Morgan fingerprint density at radius 2 is 1.97 bits per heavy atom. The number of amides is 2. The lowest BCUT2D eigenvalue weighted by Crippen LogP contribution is -2.43. The molecule has 8 heteroatoms. The highest BCUT2D eigenvalue weighted by atomic mass is 16.4. The number of likely N-dealkylation sites (tertiary alicyclic amines) is 1. The molecule has 1 fully saturated rings. The number of aromatic amines is 1. The van der Waals surface area contributed by atoms with Gasteiger partial charge in [0.15, 0.2) is 5.58 Å². The van der Waals surface area contributed by atoms with Crippen LogP contribution >= 0.6 is 0 Å². The molecule has 0 spiro atoms. The van der Waals surface area contributed by atoms with Crippen LogP contribution in [-0.2, 0) is 4.79 Å². The molecule has 4 aromatic rings. The maximum atomic E-state index is 13.2. The van der Waals surface area contributed by atoms with E-state index in [1.165, 1.54) is 4.90 Å². The molecule has 3 N–H and O–H groups in total. The average molecular weight is 417 g/mol. The van der Waals surface area contributed by atoms with Gasteiger partial charge in [0, 0.05) is 17.6 Å². The molecule has 31 heavy (non-hydrogen) atoms. The van der Waals surface area contributed by atoms with Crippen molar-refractivity contribution in [2.45, 2.75) is 18.9 Å². The first kappa shape index (κ1) is 18.9. The van der Waals surface area contributed by atoms with Crippen molar-refractivity contribution < 1.29 is 19.1 Å². The third-order valence-corrected chi connectivity index (χ3v) is 5.63. The van der Waals surface area contributed by atoms with Crippen LogP contribution in [0.3, 0.4) is 0 Å². The highest BCUT2D eigenvalue weighted by molar-refractivity contribution is 6.06. The fraction of sp³-hybridized carbons (Fsp3) is 0.174. The van der Waals surface area contributed by atoms with Gasteiger partial charge in [0.25, 0.3) is 5.91 Å². The molecule has 0 bridgehead atoms. The van der Waals surface area contributed by atoms with Crippen LogP contribution in [0.15, 0.2) is 63.8 Å². The summed E-state index contributed by atoms with van der Waals surface area (Å²) in [5.74, 6) is -1.35. The van der Waals surface area contributed by atoms with Gasteiger partial charge < -0.3 is 19.7 Å². The SMILES string of the molecule is O=C(Nc1ccc2oc(=O)[nH]c2c1)C1CCCN1C(=O)c1ccc2ccccc2c1O. The van der Waals surface area contributed by atoms with Crippen molar-refractivity contribution in [1.29, 1.82) is 0 Å². The molecule has 8 nitrogen and oxygen atoms in total. The number of hydrogen-bond donors (Lipinski definition) is 3. The third-order valence-electron chi connectivity index (χ3n) is 5.63. The summed E-state index contributed by atoms with van der Waals surface area (Å²) in [5, 5.41) is 14.9. The molecule has 0 radical (unpaired) electrons. The summed E-state index contributed by atoms with van der Waals surface area (Å²) in [6, 6.07) is 14.8. The number of rotatable bonds is 3. The number of aromatic hydroxyl groups is 1. The number of carbonyl (C=O) groups is 2. The standard InChI is InChI=1S/C23H19N3O5/c27-20-15-5-2-1-4-13(15)7-9-16(20)22(29)26-11-3-6-18(26)21(28)24-14-8-10-19-17(12-14)25-23(30)31-19/h1-2,4-5,7-10,12,18,27H,3,6,11H2,(H,24,28)(H,25,30). The maximum absolute atomic E-state index is 13.2. The van der Waals surface area contributed by atoms with Crippen LogP contribution in [0.25, 0.3) is 21.9 Å². The van der Waals surface area contributed by atoms with E-state index < -0.39 is 11.8 Å². The molecular weight excluding hydrogens is 398 g/mol. The minimum atomic E-state index is -0.655. The quantitative estimate of drug-likeness (QED) is 0.473. The number of carbonyl (C=O) groups excluding carboxylic acids is 2. The van der Waals surface area contributed by atoms with E-state index in [9.17, 15) is 19.5 Å². The van der Waals surface area contributed by atoms with Crippen molar-refractivity contribution in [2.75, 3.05) is 11.9 Å². The van der Waals surface area contributed by atoms with E-state index in [-0.39, 0.29) is 23.1 Å². The number of hydrogen-bond acceptors (Lipinski definition) is 5. The monoisotopic (exact) mass is 417 g/mol. The zero-order valence-electron chi connectivity index (χ0n) is 16.4. The van der Waals surface area contributed by atoms with Gasteiger partial charge in [0.05, 0.1) is 11.1 Å². The number of anilines is 1. The van der Waals surface area contributed by atoms with Crippen LogP contribution in [-0.4, -0.2) is 39.4 Å². The van der Waals surface area contributed by atoms with Crippen molar-refractivity contribution in [1.82, 2.24) is 9.88 Å². The van der Waals surface area contributed by atoms with Gasteiger partial charge >= 0.3 is 5.76 Å². The lowest BCUT2D eigenvalue weighted by Gasteiger charge is -2.24. The number of aromatic nitrogens is 1. The number of fused-ring (bicyclic) bond motifs is 2. The van der Waals surface area contributed by atoms with Gasteiger partial charge in [-0.15, -0.1) is 0 Å². The Morgan fingerprint density at radius 1 is 1.13 bits per heavy atom. The molecule has 2 heterocycles. The van der Waals surface area contributed by atoms with Gasteiger partial charge in [-0.1, -0.05) is 30.3 Å². The van der Waals surface area contributed by atoms with Crippen LogP contribution in [0.1, 0.15) is 23.2 Å². The zero-order valence-corrected chi connectivity index (χ0v) is 16.4. The molecule has 1 aromatic heterocycles. The Morgan fingerprint density at radius 3 is 2.84 bits per heavy atom. The Kier molecular flexibility index (Phi) is 4.47. The highest BCUT2D eigenvalue weighted by Crippen LogP contribution is 2.31. The van der Waals surface area contributed by atoms with Crippen LogP contribution in [0, 0.1) is 0 Å². The number of benzene rings is 3. The second kappa shape index (κ2) is 7.32. The van der Waals surface area contributed by atoms with Crippen LogP contribution < -0.4 is 11.1 Å². The highest BCUT2D eigenvalue weighted by Gasteiger charge is 2.35. The van der Waals surface area contributed by atoms with Gasteiger partial charge in [0.1, 0.15) is 11.8 Å². The average Bonchev–Trinajstić information content (AvgIpc) is 3.39. The van der Waals surface area contributed by atoms with Crippen LogP contribution in [0.4, 0.5) is 5.69 Å². The maximum Gasteiger partial charge on any atom is 0.417 e. The van der Waals surface area contributed by atoms with Gasteiger partial charge in [0.2, 0.25) is 5.91 Å². The molecule has 0 saturated carbocycles. The minimum absolute atomic E-state index is 0.0801. The first-order valence-corrected chi connectivity index (χ1v) is 9.97. The normalized spacial score (nSPS) is 16.1. The number of phenolic OH excluding ortho intramolecular Hbond substituents is 1. The van der Waals surface area contributed by atoms with Crippen molar-refractivity contribution >= 4 is 39.4 Å². The Balaban J connectivity index is 1.39. The third kappa shape index (κ3) is 3.31. The molecule has 1 unspecified atom stereocenters. The topological polar surface area (TPSA) is 116 Å². The number of oxazole rings is 1. The molecule has 156 valence electrons. The van der Waals surface area contributed by atoms with Gasteiger partial charge in [-0.2, -0.15) is 0 Å². The number of nitrogens with one attached hydrogen (secondary N) is 2. The molecule has 2 amide bonds. The van der Waals surface area contributed by atoms with Crippen molar-refractivity contribution in [3.8, 4) is 5.75 Å². The number of H-pyrrole nitrogens is 1. The molecule has 1 atom stereocenters. The fourth-order valence-electron chi connectivity index (χ4n) is 4.12. The molecule has 3 aromatic carbocycles. The number of phenols is 1. The van der Waals surface area contributed by atoms with Crippen molar-refractivity contribution in [2.24, 2.45) is 0 Å². The lowest BCUT2D eigenvalue weighted by atomic mass is 10.0. The summed E-state index contributed by atoms with van der Waals surface area (Å²) in [4.78, 5) is 41.5. The van der Waals surface area contributed by atoms with E-state index in [0.29, 0.717) is 41.6 Å². The number of nitrogens with zero attached hydrogens (tertiary/aromatic N) is 1. The van der Waals surface area contributed by atoms with Gasteiger partial charge in [-0.25, -0.2) is 4.79 Å². The second-order valence-corrected chi connectivity index (χ2v) is 7.55. The van der Waals surface area contributed by atoms with E-state index >= 15 is 0 Å². The van der Waals surface area contributed by atoms with E-state index in [1.54, 1.807) is 42.5 Å². The summed E-state index contributed by atoms with van der Waals surface area (Å²) >= 11 is 0. The summed E-state index contributed by atoms with van der Waals surface area (Å²) < 4.78 is 4.97. The van der Waals surface area contributed by atoms with E-state index in [1.807, 2.05) is 12.1 Å². The van der Waals surface area contributed by atoms with Gasteiger partial charge in [-0.3, -0.25) is 14.6 Å². The molecule has 0 aliphatic carbocycles. The molecule has 5 rings (SSSR count). The van der Waals surface area contributed by atoms with E-state index in [0.717, 1.165) is 5.39 Å². The largest absolute Gasteiger partial charge is 0.506 e. The van der Waals surface area contributed by atoms with Crippen molar-refractivity contribution in [3.05, 3.63) is 70.7 Å². The Bertz CT molecular complexity index is 1390. The fourth-order valence-corrected chi connectivity index (χ4v) is 4.12. The molecule has 1 saturated heterocycles. The van der Waals surface area contributed by atoms with Gasteiger partial charge in [-0.05, 0) is 42.5 Å². The minimum Gasteiger partial charge on any atom is -0.506 e. The summed E-state index contributed by atoms with van der Waals surface area (Å²) in [7, 11) is 0. The molecule has 1 aliphatic rings. The first-order valence-electron chi connectivity index (χ1n) is 9.97. The zero-order chi connectivity index (χ0) is 21.5. The lowest BCUT2D eigenvalue weighted by molar-refractivity contribution is -0.119. The molecule has 1 aliphatic heterocycles. The summed E-state index contributed by atoms with van der Waals surface area (Å²) in [6.07, 6.45) is 1.21. The second-order valence-electron chi connectivity index (χ2n) is 7.55. The summed E-state index contributed by atoms with van der Waals surface area (Å²) in [6.45, 7) is 0.428. The van der Waals surface area contributed by atoms with E-state index in [2.05, 4.69) is 10.3 Å². The predicted molar refractivity (Wildman–Crippen MR) is 115 cm³/mol. The predicted octanol–water partition coefficient (Wildman–Crippen LogP) is 3.22. The van der Waals surface area contributed by atoms with E-state index in [4.69, 9.17) is 4.42 Å². The summed E-state index contributed by atoms with van der Waals surface area (Å²) in [5.41, 5.74) is 1.54. The smallest absolute Gasteiger partial charge is 0.417 e. The molecular formula is C23H19N3O5.